The van der Waals surface area contributed by atoms with Crippen LogP contribution in [0.4, 0.5) is 0 Å². The topological polar surface area (TPSA) is 15.3 Å². The molecule has 3 aliphatic carbocycles. The predicted molar refractivity (Wildman–Crippen MR) is 81.2 cm³/mol. The van der Waals surface area contributed by atoms with Gasteiger partial charge >= 0.3 is 0 Å². The third kappa shape index (κ3) is 2.71. The van der Waals surface area contributed by atoms with E-state index in [4.69, 9.17) is 0 Å². The predicted octanol–water partition coefficient (Wildman–Crippen LogP) is 2.99. The number of hydrogen-bond donors (Lipinski definition) is 1. The number of rotatable bonds is 5. The lowest BCUT2D eigenvalue weighted by Gasteiger charge is -2.35. The zero-order valence-electron chi connectivity index (χ0n) is 13.3. The summed E-state index contributed by atoms with van der Waals surface area (Å²) in [5, 5.41) is 3.94. The molecule has 0 heterocycles. The van der Waals surface area contributed by atoms with Gasteiger partial charge in [-0.25, -0.2) is 0 Å². The largest absolute Gasteiger partial charge is 0.313 e. The third-order valence-electron chi connectivity index (χ3n) is 6.02. The summed E-state index contributed by atoms with van der Waals surface area (Å²) >= 11 is 0. The highest BCUT2D eigenvalue weighted by molar-refractivity contribution is 5.05. The van der Waals surface area contributed by atoms with Crippen molar-refractivity contribution in [2.45, 2.75) is 52.0 Å². The fourth-order valence-electron chi connectivity index (χ4n) is 5.62. The first-order valence-electron chi connectivity index (χ1n) is 8.34. The molecule has 2 heteroatoms. The zero-order chi connectivity index (χ0) is 13.6. The van der Waals surface area contributed by atoms with E-state index in [2.05, 4.69) is 38.2 Å². The van der Waals surface area contributed by atoms with Crippen molar-refractivity contribution in [3.05, 3.63) is 0 Å². The monoisotopic (exact) mass is 264 g/mol. The van der Waals surface area contributed by atoms with Crippen LogP contribution in [0.15, 0.2) is 0 Å². The molecule has 110 valence electrons. The Labute approximate surface area is 119 Å². The van der Waals surface area contributed by atoms with Crippen LogP contribution in [-0.4, -0.2) is 38.1 Å². The summed E-state index contributed by atoms with van der Waals surface area (Å²) < 4.78 is 0. The zero-order valence-corrected chi connectivity index (χ0v) is 13.3. The van der Waals surface area contributed by atoms with Crippen LogP contribution in [0.5, 0.6) is 0 Å². The van der Waals surface area contributed by atoms with Gasteiger partial charge in [-0.1, -0.05) is 20.3 Å². The van der Waals surface area contributed by atoms with E-state index in [1.54, 1.807) is 12.8 Å². The van der Waals surface area contributed by atoms with Crippen LogP contribution in [0.1, 0.15) is 46.0 Å². The molecule has 2 nitrogen and oxygen atoms in total. The van der Waals surface area contributed by atoms with Gasteiger partial charge in [-0.3, -0.25) is 0 Å². The van der Waals surface area contributed by atoms with Gasteiger partial charge in [0.2, 0.25) is 0 Å². The van der Waals surface area contributed by atoms with E-state index in [-0.39, 0.29) is 0 Å². The normalized spacial score (nSPS) is 41.2. The summed E-state index contributed by atoms with van der Waals surface area (Å²) in [6, 6.07) is 0.839. The Balaban J connectivity index is 1.52. The van der Waals surface area contributed by atoms with Crippen LogP contribution in [0.2, 0.25) is 0 Å². The molecule has 0 aromatic rings. The second-order valence-corrected chi connectivity index (χ2v) is 8.54. The first-order chi connectivity index (χ1) is 8.96. The maximum Gasteiger partial charge on any atom is 0.0101 e. The lowest BCUT2D eigenvalue weighted by Crippen LogP contribution is -2.45. The number of hydrogen-bond acceptors (Lipinski definition) is 2. The standard InChI is InChI=1S/C17H32N2/c1-17(2,11-19(3)4)10-18-16-9-12-8-15(16)14-7-5-6-13(12)14/h12-16,18H,5-11H2,1-4H3. The highest BCUT2D eigenvalue weighted by Gasteiger charge is 2.53. The van der Waals surface area contributed by atoms with Gasteiger partial charge in [0.25, 0.3) is 0 Å². The molecule has 2 bridgehead atoms. The van der Waals surface area contributed by atoms with Crippen molar-refractivity contribution in [2.75, 3.05) is 27.2 Å². The minimum absolute atomic E-state index is 0.389. The molecule has 3 fully saturated rings. The summed E-state index contributed by atoms with van der Waals surface area (Å²) in [5.41, 5.74) is 0.389. The Kier molecular flexibility index (Phi) is 3.68. The Bertz CT molecular complexity index is 323. The fourth-order valence-corrected chi connectivity index (χ4v) is 5.62. The van der Waals surface area contributed by atoms with Gasteiger partial charge in [0, 0.05) is 19.1 Å². The molecule has 1 N–H and O–H groups in total. The third-order valence-corrected chi connectivity index (χ3v) is 6.02. The molecule has 0 saturated heterocycles. The van der Waals surface area contributed by atoms with Crippen LogP contribution in [-0.2, 0) is 0 Å². The Morgan fingerprint density at radius 1 is 1.05 bits per heavy atom. The minimum atomic E-state index is 0.389. The van der Waals surface area contributed by atoms with Crippen LogP contribution >= 0.6 is 0 Å². The summed E-state index contributed by atoms with van der Waals surface area (Å²) in [6.45, 7) is 7.14. The lowest BCUT2D eigenvalue weighted by atomic mass is 9.78. The first kappa shape index (κ1) is 13.9. The smallest absolute Gasteiger partial charge is 0.0101 e. The molecule has 0 aromatic heterocycles. The highest BCUT2D eigenvalue weighted by atomic mass is 15.1. The Hall–Kier alpha value is -0.0800. The molecular formula is C17H32N2. The van der Waals surface area contributed by atoms with Gasteiger partial charge in [-0.05, 0) is 68.9 Å². The summed E-state index contributed by atoms with van der Waals surface area (Å²) in [6.07, 6.45) is 7.61. The molecule has 5 atom stereocenters. The molecule has 19 heavy (non-hydrogen) atoms. The van der Waals surface area contributed by atoms with Crippen molar-refractivity contribution >= 4 is 0 Å². The second-order valence-electron chi connectivity index (χ2n) is 8.54. The van der Waals surface area contributed by atoms with E-state index in [9.17, 15) is 0 Å². The molecule has 0 amide bonds. The van der Waals surface area contributed by atoms with E-state index >= 15 is 0 Å². The first-order valence-corrected chi connectivity index (χ1v) is 8.34. The van der Waals surface area contributed by atoms with Crippen LogP contribution in [0.25, 0.3) is 0 Å². The van der Waals surface area contributed by atoms with Crippen molar-refractivity contribution < 1.29 is 0 Å². The number of nitrogens with zero attached hydrogens (tertiary/aromatic N) is 1. The van der Waals surface area contributed by atoms with Crippen LogP contribution in [0.3, 0.4) is 0 Å². The molecule has 3 rings (SSSR count). The second kappa shape index (κ2) is 5.04. The van der Waals surface area contributed by atoms with E-state index in [0.29, 0.717) is 5.41 Å². The van der Waals surface area contributed by atoms with Crippen LogP contribution in [0, 0.1) is 29.1 Å². The summed E-state index contributed by atoms with van der Waals surface area (Å²) in [4.78, 5) is 2.31. The lowest BCUT2D eigenvalue weighted by molar-refractivity contribution is 0.176. The molecule has 5 unspecified atom stereocenters. The number of nitrogens with one attached hydrogen (secondary N) is 1. The van der Waals surface area contributed by atoms with Gasteiger partial charge in [0.05, 0.1) is 0 Å². The average molecular weight is 264 g/mol. The summed E-state index contributed by atoms with van der Waals surface area (Å²) in [7, 11) is 4.37. The van der Waals surface area contributed by atoms with Gasteiger partial charge in [-0.15, -0.1) is 0 Å². The maximum absolute atomic E-state index is 3.94. The van der Waals surface area contributed by atoms with Crippen molar-refractivity contribution in [3.8, 4) is 0 Å². The maximum atomic E-state index is 3.94. The molecule has 3 saturated carbocycles. The molecule has 0 aromatic carbocycles. The van der Waals surface area contributed by atoms with Crippen molar-refractivity contribution in [3.63, 3.8) is 0 Å². The molecular weight excluding hydrogens is 232 g/mol. The van der Waals surface area contributed by atoms with E-state index in [1.807, 2.05) is 0 Å². The average Bonchev–Trinajstić information content (AvgIpc) is 2.97. The molecule has 3 aliphatic rings. The molecule has 0 radical (unpaired) electrons. The molecule has 0 aliphatic heterocycles. The van der Waals surface area contributed by atoms with E-state index in [0.717, 1.165) is 29.7 Å². The van der Waals surface area contributed by atoms with E-state index < -0.39 is 0 Å². The van der Waals surface area contributed by atoms with E-state index in [1.165, 1.54) is 32.4 Å². The van der Waals surface area contributed by atoms with Crippen molar-refractivity contribution in [2.24, 2.45) is 29.1 Å². The highest BCUT2D eigenvalue weighted by Crippen LogP contribution is 2.58. The van der Waals surface area contributed by atoms with Gasteiger partial charge in [0.1, 0.15) is 0 Å². The van der Waals surface area contributed by atoms with Crippen molar-refractivity contribution in [1.29, 1.82) is 0 Å². The van der Waals surface area contributed by atoms with Gasteiger partial charge in [0.15, 0.2) is 0 Å². The summed E-state index contributed by atoms with van der Waals surface area (Å²) in [5.74, 6) is 4.31. The SMILES string of the molecule is CN(C)CC(C)(C)CNC1CC2CC1C1CCCC21. The van der Waals surface area contributed by atoms with Gasteiger partial charge < -0.3 is 10.2 Å². The Morgan fingerprint density at radius 2 is 1.79 bits per heavy atom. The molecule has 0 spiro atoms. The van der Waals surface area contributed by atoms with Gasteiger partial charge in [-0.2, -0.15) is 0 Å². The quantitative estimate of drug-likeness (QED) is 0.821. The Morgan fingerprint density at radius 3 is 2.53 bits per heavy atom. The van der Waals surface area contributed by atoms with Crippen molar-refractivity contribution in [1.82, 2.24) is 10.2 Å². The van der Waals surface area contributed by atoms with Crippen LogP contribution < -0.4 is 5.32 Å². The minimum Gasteiger partial charge on any atom is -0.313 e. The number of fused-ring (bicyclic) bond motifs is 5. The fraction of sp³-hybridized carbons (Fsp3) is 1.00.